The Hall–Kier alpha value is -0.450. The predicted octanol–water partition coefficient (Wildman–Crippen LogP) is 0.111. The lowest BCUT2D eigenvalue weighted by Gasteiger charge is -2.40. The third-order valence-corrected chi connectivity index (χ3v) is 2.87. The molecule has 1 heterocycles. The minimum absolute atomic E-state index is 0.0955. The second-order valence-corrected chi connectivity index (χ2v) is 3.95. The van der Waals surface area contributed by atoms with E-state index in [0.717, 1.165) is 0 Å². The number of carbonyl (C=O) groups excluding carboxylic acids is 1. The highest BCUT2D eigenvalue weighted by molar-refractivity contribution is 5.81. The maximum atomic E-state index is 11.2. The Morgan fingerprint density at radius 3 is 2.36 bits per heavy atom. The number of hydrogen-bond donors (Lipinski definition) is 2. The Balaban J connectivity index is 2.78. The molecule has 0 aromatic rings. The van der Waals surface area contributed by atoms with Crippen LogP contribution < -0.4 is 0 Å². The molecule has 1 aliphatic rings. The molecule has 0 aliphatic carbocycles. The van der Waals surface area contributed by atoms with Crippen LogP contribution in [0.5, 0.6) is 0 Å². The summed E-state index contributed by atoms with van der Waals surface area (Å²) in [6.45, 7) is 5.01. The zero-order valence-corrected chi connectivity index (χ0v) is 8.80. The smallest absolute Gasteiger partial charge is 0.158 e. The van der Waals surface area contributed by atoms with Crippen molar-refractivity contribution in [3.63, 3.8) is 0 Å². The molecule has 2 N–H and O–H groups in total. The molecular formula is C10H18O4. The van der Waals surface area contributed by atoms with Crippen molar-refractivity contribution in [2.45, 2.75) is 51.6 Å². The van der Waals surface area contributed by atoms with Crippen LogP contribution in [0.15, 0.2) is 0 Å². The molecule has 82 valence electrons. The number of hydrogen-bond acceptors (Lipinski definition) is 4. The molecule has 1 rings (SSSR count). The summed E-state index contributed by atoms with van der Waals surface area (Å²) in [7, 11) is 0. The maximum Gasteiger partial charge on any atom is 0.158 e. The Kier molecular flexibility index (Phi) is 3.64. The first kappa shape index (κ1) is 11.6. The van der Waals surface area contributed by atoms with E-state index in [4.69, 9.17) is 4.74 Å². The number of rotatable bonds is 2. The summed E-state index contributed by atoms with van der Waals surface area (Å²) in [5.74, 6) is -0.438. The molecule has 1 fully saturated rings. The highest BCUT2D eigenvalue weighted by Crippen LogP contribution is 2.27. The monoisotopic (exact) mass is 202 g/mol. The standard InChI is InChI=1S/C10H18O4/c1-4-7-9(13)8(12)5(2)10(14-7)6(3)11/h5,7-10,12-13H,4H2,1-3H3. The second-order valence-electron chi connectivity index (χ2n) is 3.95. The molecule has 0 aromatic heterocycles. The Morgan fingerprint density at radius 1 is 1.36 bits per heavy atom. The van der Waals surface area contributed by atoms with Gasteiger partial charge in [-0.1, -0.05) is 13.8 Å². The number of aliphatic hydroxyl groups is 2. The molecule has 0 radical (unpaired) electrons. The molecule has 1 saturated heterocycles. The summed E-state index contributed by atoms with van der Waals surface area (Å²) in [6.07, 6.45) is -2.18. The van der Waals surface area contributed by atoms with Gasteiger partial charge in [-0.05, 0) is 13.3 Å². The molecule has 0 aromatic carbocycles. The molecule has 4 heteroatoms. The van der Waals surface area contributed by atoms with Crippen LogP contribution in [0.25, 0.3) is 0 Å². The van der Waals surface area contributed by atoms with Gasteiger partial charge in [0.25, 0.3) is 0 Å². The molecule has 4 nitrogen and oxygen atoms in total. The first-order valence-corrected chi connectivity index (χ1v) is 5.01. The molecule has 0 amide bonds. The highest BCUT2D eigenvalue weighted by atomic mass is 16.5. The first-order chi connectivity index (χ1) is 6.49. The van der Waals surface area contributed by atoms with Crippen LogP contribution in [-0.2, 0) is 9.53 Å². The van der Waals surface area contributed by atoms with E-state index >= 15 is 0 Å². The van der Waals surface area contributed by atoms with Crippen LogP contribution in [0.3, 0.4) is 0 Å². The molecule has 5 unspecified atom stereocenters. The maximum absolute atomic E-state index is 11.2. The summed E-state index contributed by atoms with van der Waals surface area (Å²) in [5, 5.41) is 19.3. The van der Waals surface area contributed by atoms with Gasteiger partial charge in [-0.3, -0.25) is 4.79 Å². The molecule has 0 saturated carbocycles. The zero-order valence-electron chi connectivity index (χ0n) is 8.80. The number of ketones is 1. The second kappa shape index (κ2) is 4.38. The Labute approximate surface area is 83.9 Å². The van der Waals surface area contributed by atoms with Gasteiger partial charge < -0.3 is 14.9 Å². The third-order valence-electron chi connectivity index (χ3n) is 2.87. The van der Waals surface area contributed by atoms with Crippen LogP contribution in [-0.4, -0.2) is 40.4 Å². The Morgan fingerprint density at radius 2 is 1.93 bits per heavy atom. The van der Waals surface area contributed by atoms with Crippen molar-refractivity contribution >= 4 is 5.78 Å². The summed E-state index contributed by atoms with van der Waals surface area (Å²) in [5.41, 5.74) is 0. The lowest BCUT2D eigenvalue weighted by Crippen LogP contribution is -2.55. The van der Waals surface area contributed by atoms with Crippen molar-refractivity contribution < 1.29 is 19.7 Å². The lowest BCUT2D eigenvalue weighted by molar-refractivity contribution is -0.197. The van der Waals surface area contributed by atoms with Gasteiger partial charge in [0.2, 0.25) is 0 Å². The van der Waals surface area contributed by atoms with Crippen molar-refractivity contribution in [3.05, 3.63) is 0 Å². The molecule has 1 aliphatic heterocycles. The van der Waals surface area contributed by atoms with Crippen molar-refractivity contribution in [3.8, 4) is 0 Å². The van der Waals surface area contributed by atoms with Crippen LogP contribution in [0.2, 0.25) is 0 Å². The topological polar surface area (TPSA) is 66.8 Å². The highest BCUT2D eigenvalue weighted by Gasteiger charge is 2.42. The van der Waals surface area contributed by atoms with Crippen LogP contribution >= 0.6 is 0 Å². The summed E-state index contributed by atoms with van der Waals surface area (Å²) >= 11 is 0. The fourth-order valence-corrected chi connectivity index (χ4v) is 1.91. The minimum atomic E-state index is -0.884. The minimum Gasteiger partial charge on any atom is -0.390 e. The largest absolute Gasteiger partial charge is 0.390 e. The van der Waals surface area contributed by atoms with E-state index in [1.165, 1.54) is 6.92 Å². The van der Waals surface area contributed by atoms with Crippen LogP contribution in [0.1, 0.15) is 27.2 Å². The molecule has 0 spiro atoms. The summed E-state index contributed by atoms with van der Waals surface area (Å²) in [6, 6.07) is 0. The quantitative estimate of drug-likeness (QED) is 0.667. The number of Topliss-reactive ketones (excluding diaryl/α,β-unsaturated/α-hetero) is 1. The molecular weight excluding hydrogens is 184 g/mol. The van der Waals surface area contributed by atoms with E-state index in [0.29, 0.717) is 6.42 Å². The van der Waals surface area contributed by atoms with Crippen molar-refractivity contribution in [2.75, 3.05) is 0 Å². The van der Waals surface area contributed by atoms with Crippen LogP contribution in [0, 0.1) is 5.92 Å². The van der Waals surface area contributed by atoms with Gasteiger partial charge in [0.05, 0.1) is 12.2 Å². The zero-order chi connectivity index (χ0) is 10.9. The van der Waals surface area contributed by atoms with Crippen molar-refractivity contribution in [2.24, 2.45) is 5.92 Å². The first-order valence-electron chi connectivity index (χ1n) is 5.01. The van der Waals surface area contributed by atoms with Crippen LogP contribution in [0.4, 0.5) is 0 Å². The third kappa shape index (κ3) is 1.97. The van der Waals surface area contributed by atoms with E-state index in [1.54, 1.807) is 6.92 Å². The average molecular weight is 202 g/mol. The van der Waals surface area contributed by atoms with E-state index in [2.05, 4.69) is 0 Å². The van der Waals surface area contributed by atoms with Gasteiger partial charge in [-0.25, -0.2) is 0 Å². The van der Waals surface area contributed by atoms with Gasteiger partial charge in [-0.15, -0.1) is 0 Å². The van der Waals surface area contributed by atoms with Crippen molar-refractivity contribution in [1.82, 2.24) is 0 Å². The SMILES string of the molecule is CCC1OC(C(C)=O)C(C)C(O)C1O. The molecule has 0 bridgehead atoms. The summed E-state index contributed by atoms with van der Waals surface area (Å²) < 4.78 is 5.43. The molecule has 14 heavy (non-hydrogen) atoms. The fraction of sp³-hybridized carbons (Fsp3) is 0.900. The predicted molar refractivity (Wildman–Crippen MR) is 50.8 cm³/mol. The Bertz CT molecular complexity index is 214. The van der Waals surface area contributed by atoms with E-state index in [1.807, 2.05) is 6.92 Å². The van der Waals surface area contributed by atoms with Gasteiger partial charge in [0.1, 0.15) is 12.2 Å². The fourth-order valence-electron chi connectivity index (χ4n) is 1.91. The van der Waals surface area contributed by atoms with Gasteiger partial charge in [0, 0.05) is 5.92 Å². The lowest BCUT2D eigenvalue weighted by atomic mass is 9.86. The van der Waals surface area contributed by atoms with E-state index < -0.39 is 24.4 Å². The van der Waals surface area contributed by atoms with Gasteiger partial charge in [0.15, 0.2) is 5.78 Å². The van der Waals surface area contributed by atoms with Gasteiger partial charge in [-0.2, -0.15) is 0 Å². The van der Waals surface area contributed by atoms with Crippen molar-refractivity contribution in [1.29, 1.82) is 0 Å². The van der Waals surface area contributed by atoms with E-state index in [9.17, 15) is 15.0 Å². The summed E-state index contributed by atoms with van der Waals surface area (Å²) in [4.78, 5) is 11.2. The normalized spacial score (nSPS) is 43.6. The number of aliphatic hydroxyl groups excluding tert-OH is 2. The van der Waals surface area contributed by atoms with E-state index in [-0.39, 0.29) is 11.7 Å². The number of carbonyl (C=O) groups is 1. The van der Waals surface area contributed by atoms with Gasteiger partial charge >= 0.3 is 0 Å². The number of ether oxygens (including phenoxy) is 1. The molecule has 5 atom stereocenters. The average Bonchev–Trinajstić information content (AvgIpc) is 2.14.